The zero-order chi connectivity index (χ0) is 15.7. The van der Waals surface area contributed by atoms with Gasteiger partial charge in [0.05, 0.1) is 31.1 Å². The molecular weight excluding hydrogens is 289 g/mol. The van der Waals surface area contributed by atoms with Gasteiger partial charge in [-0.05, 0) is 24.1 Å². The van der Waals surface area contributed by atoms with Gasteiger partial charge in [-0.1, -0.05) is 12.1 Å². The predicted octanol–water partition coefficient (Wildman–Crippen LogP) is 1.60. The molecular formula is C15H16FN3O3. The molecule has 0 saturated heterocycles. The third kappa shape index (κ3) is 2.67. The van der Waals surface area contributed by atoms with Crippen LogP contribution in [-0.4, -0.2) is 37.5 Å². The molecule has 7 heteroatoms. The van der Waals surface area contributed by atoms with Crippen molar-refractivity contribution in [3.8, 4) is 0 Å². The van der Waals surface area contributed by atoms with E-state index < -0.39 is 6.09 Å². The Morgan fingerprint density at radius 2 is 2.05 bits per heavy atom. The van der Waals surface area contributed by atoms with E-state index in [-0.39, 0.29) is 19.0 Å². The summed E-state index contributed by atoms with van der Waals surface area (Å²) in [6, 6.07) is 6.09. The van der Waals surface area contributed by atoms with E-state index in [2.05, 4.69) is 5.10 Å². The summed E-state index contributed by atoms with van der Waals surface area (Å²) in [5.74, 6) is -0.306. The van der Waals surface area contributed by atoms with Crippen molar-refractivity contribution >= 4 is 6.09 Å². The summed E-state index contributed by atoms with van der Waals surface area (Å²) in [6.07, 6.45) is -0.424. The fourth-order valence-electron chi connectivity index (χ4n) is 2.74. The van der Waals surface area contributed by atoms with Crippen LogP contribution in [0.2, 0.25) is 0 Å². The molecule has 0 fully saturated rings. The molecule has 1 aromatic carbocycles. The molecule has 0 spiro atoms. The summed E-state index contributed by atoms with van der Waals surface area (Å²) in [6.45, 7) is 0.887. The lowest BCUT2D eigenvalue weighted by molar-refractivity contribution is 0.138. The van der Waals surface area contributed by atoms with Gasteiger partial charge in [0, 0.05) is 12.1 Å². The van der Waals surface area contributed by atoms with Crippen LogP contribution in [0, 0.1) is 5.82 Å². The van der Waals surface area contributed by atoms with Crippen LogP contribution in [0.3, 0.4) is 0 Å². The standard InChI is InChI=1S/C15H16FN3O3/c16-11-3-1-10(2-4-11)7-19-14-8-18(15(21)22)6-5-12(14)13(9-20)17-19/h1-4,20H,5-9H2,(H,21,22). The monoisotopic (exact) mass is 305 g/mol. The average Bonchev–Trinajstić information content (AvgIpc) is 2.87. The van der Waals surface area contributed by atoms with Gasteiger partial charge in [-0.25, -0.2) is 9.18 Å². The zero-order valence-corrected chi connectivity index (χ0v) is 11.9. The number of hydrogen-bond donors (Lipinski definition) is 2. The number of carbonyl (C=O) groups is 1. The Labute approximate surface area is 126 Å². The van der Waals surface area contributed by atoms with Crippen molar-refractivity contribution in [3.05, 3.63) is 52.6 Å². The van der Waals surface area contributed by atoms with E-state index in [1.54, 1.807) is 16.8 Å². The van der Waals surface area contributed by atoms with Gasteiger partial charge in [0.2, 0.25) is 0 Å². The van der Waals surface area contributed by atoms with Gasteiger partial charge >= 0.3 is 6.09 Å². The Morgan fingerprint density at radius 1 is 1.32 bits per heavy atom. The highest BCUT2D eigenvalue weighted by atomic mass is 19.1. The van der Waals surface area contributed by atoms with Crippen LogP contribution in [0.25, 0.3) is 0 Å². The fraction of sp³-hybridized carbons (Fsp3) is 0.333. The van der Waals surface area contributed by atoms with Gasteiger partial charge in [-0.15, -0.1) is 0 Å². The van der Waals surface area contributed by atoms with Crippen molar-refractivity contribution in [2.24, 2.45) is 0 Å². The Morgan fingerprint density at radius 3 is 2.68 bits per heavy atom. The Hall–Kier alpha value is -2.41. The van der Waals surface area contributed by atoms with E-state index in [1.807, 2.05) is 0 Å². The summed E-state index contributed by atoms with van der Waals surface area (Å²) in [5.41, 5.74) is 3.16. The lowest BCUT2D eigenvalue weighted by atomic mass is 10.0. The molecule has 22 heavy (non-hydrogen) atoms. The van der Waals surface area contributed by atoms with E-state index in [0.717, 1.165) is 16.8 Å². The molecule has 0 atom stereocenters. The first-order chi connectivity index (χ1) is 10.6. The molecule has 3 rings (SSSR count). The number of rotatable bonds is 3. The first-order valence-corrected chi connectivity index (χ1v) is 6.99. The average molecular weight is 305 g/mol. The maximum absolute atomic E-state index is 13.0. The minimum Gasteiger partial charge on any atom is -0.465 e. The smallest absolute Gasteiger partial charge is 0.407 e. The molecule has 0 unspecified atom stereocenters. The summed E-state index contributed by atoms with van der Waals surface area (Å²) < 4.78 is 14.7. The second-order valence-electron chi connectivity index (χ2n) is 5.27. The number of amides is 1. The molecule has 116 valence electrons. The van der Waals surface area contributed by atoms with Gasteiger partial charge in [0.15, 0.2) is 0 Å². The predicted molar refractivity (Wildman–Crippen MR) is 75.8 cm³/mol. The number of carboxylic acid groups (broad SMARTS) is 1. The molecule has 1 amide bonds. The molecule has 0 radical (unpaired) electrons. The Balaban J connectivity index is 1.93. The number of halogens is 1. The van der Waals surface area contributed by atoms with Crippen LogP contribution < -0.4 is 0 Å². The highest BCUT2D eigenvalue weighted by molar-refractivity contribution is 5.65. The van der Waals surface area contributed by atoms with Crippen molar-refractivity contribution in [1.29, 1.82) is 0 Å². The molecule has 2 aromatic rings. The summed E-state index contributed by atoms with van der Waals surface area (Å²) in [7, 11) is 0. The normalized spacial score (nSPS) is 14.0. The van der Waals surface area contributed by atoms with Crippen LogP contribution >= 0.6 is 0 Å². The molecule has 1 aliphatic rings. The van der Waals surface area contributed by atoms with Crippen molar-refractivity contribution in [2.45, 2.75) is 26.1 Å². The molecule has 0 saturated carbocycles. The Kier molecular flexibility index (Phi) is 3.81. The first kappa shape index (κ1) is 14.5. The van der Waals surface area contributed by atoms with Crippen molar-refractivity contribution in [1.82, 2.24) is 14.7 Å². The highest BCUT2D eigenvalue weighted by Gasteiger charge is 2.26. The minimum absolute atomic E-state index is 0.175. The number of nitrogens with zero attached hydrogens (tertiary/aromatic N) is 3. The zero-order valence-electron chi connectivity index (χ0n) is 11.9. The molecule has 0 aliphatic carbocycles. The molecule has 1 aliphatic heterocycles. The topological polar surface area (TPSA) is 78.6 Å². The second kappa shape index (κ2) is 5.76. The Bertz CT molecular complexity index is 697. The van der Waals surface area contributed by atoms with E-state index in [9.17, 15) is 14.3 Å². The molecule has 1 aromatic heterocycles. The van der Waals surface area contributed by atoms with Crippen LogP contribution in [0.5, 0.6) is 0 Å². The molecule has 6 nitrogen and oxygen atoms in total. The number of fused-ring (bicyclic) bond motifs is 1. The van der Waals surface area contributed by atoms with E-state index in [1.165, 1.54) is 17.0 Å². The maximum Gasteiger partial charge on any atom is 0.407 e. The first-order valence-electron chi connectivity index (χ1n) is 6.99. The van der Waals surface area contributed by atoms with Crippen LogP contribution in [0.4, 0.5) is 9.18 Å². The molecule has 0 bridgehead atoms. The van der Waals surface area contributed by atoms with E-state index in [0.29, 0.717) is 25.2 Å². The second-order valence-corrected chi connectivity index (χ2v) is 5.27. The quantitative estimate of drug-likeness (QED) is 0.903. The van der Waals surface area contributed by atoms with Crippen molar-refractivity contribution in [2.75, 3.05) is 6.54 Å². The summed E-state index contributed by atoms with van der Waals surface area (Å²) in [4.78, 5) is 12.5. The van der Waals surface area contributed by atoms with Crippen molar-refractivity contribution in [3.63, 3.8) is 0 Å². The van der Waals surface area contributed by atoms with Crippen LogP contribution in [0.15, 0.2) is 24.3 Å². The fourth-order valence-corrected chi connectivity index (χ4v) is 2.74. The molecule has 2 heterocycles. The van der Waals surface area contributed by atoms with Gasteiger partial charge in [0.1, 0.15) is 5.82 Å². The third-order valence-electron chi connectivity index (χ3n) is 3.89. The largest absolute Gasteiger partial charge is 0.465 e. The highest BCUT2D eigenvalue weighted by Crippen LogP contribution is 2.23. The SMILES string of the molecule is O=C(O)N1CCc2c(CO)nn(Cc3ccc(F)cc3)c2C1. The number of aliphatic hydroxyl groups excluding tert-OH is 1. The van der Waals surface area contributed by atoms with E-state index >= 15 is 0 Å². The van der Waals surface area contributed by atoms with Gasteiger partial charge in [-0.2, -0.15) is 5.10 Å². The minimum atomic E-state index is -0.967. The number of aromatic nitrogens is 2. The van der Waals surface area contributed by atoms with Gasteiger partial charge in [-0.3, -0.25) is 4.68 Å². The lowest BCUT2D eigenvalue weighted by Gasteiger charge is -2.25. The third-order valence-corrected chi connectivity index (χ3v) is 3.89. The number of hydrogen-bond acceptors (Lipinski definition) is 3. The summed E-state index contributed by atoms with van der Waals surface area (Å²) >= 11 is 0. The summed E-state index contributed by atoms with van der Waals surface area (Å²) in [5, 5.41) is 22.9. The lowest BCUT2D eigenvalue weighted by Crippen LogP contribution is -2.35. The number of aliphatic hydroxyl groups is 1. The molecule has 2 N–H and O–H groups in total. The van der Waals surface area contributed by atoms with Crippen molar-refractivity contribution < 1.29 is 19.4 Å². The maximum atomic E-state index is 13.0. The van der Waals surface area contributed by atoms with Crippen LogP contribution in [0.1, 0.15) is 22.5 Å². The number of benzene rings is 1. The van der Waals surface area contributed by atoms with Gasteiger partial charge < -0.3 is 15.1 Å². The van der Waals surface area contributed by atoms with E-state index in [4.69, 9.17) is 5.11 Å². The van der Waals surface area contributed by atoms with Gasteiger partial charge in [0.25, 0.3) is 0 Å². The van der Waals surface area contributed by atoms with Crippen LogP contribution in [-0.2, 0) is 26.1 Å².